The van der Waals surface area contributed by atoms with Crippen LogP contribution in [0.15, 0.2) is 24.3 Å². The summed E-state index contributed by atoms with van der Waals surface area (Å²) in [5.41, 5.74) is 0.226. The second-order valence-corrected chi connectivity index (χ2v) is 5.59. The molecule has 2 rings (SSSR count). The minimum absolute atomic E-state index is 0.0900. The zero-order valence-electron chi connectivity index (χ0n) is 12.6. The molecule has 0 saturated carbocycles. The summed E-state index contributed by atoms with van der Waals surface area (Å²) in [6.45, 7) is 2.54. The smallest absolute Gasteiger partial charge is 0.405 e. The average Bonchev–Trinajstić information content (AvgIpc) is 2.47. The SMILES string of the molecule is CC1CCN(C(=O)NCc2ccccc2OC(F)(F)F)CC1O. The molecule has 0 spiro atoms. The van der Waals surface area contributed by atoms with Crippen molar-refractivity contribution in [1.82, 2.24) is 10.2 Å². The highest BCUT2D eigenvalue weighted by Crippen LogP contribution is 2.26. The second kappa shape index (κ2) is 7.08. The summed E-state index contributed by atoms with van der Waals surface area (Å²) in [6.07, 6.45) is -4.69. The zero-order valence-corrected chi connectivity index (χ0v) is 12.6. The average molecular weight is 332 g/mol. The summed E-state index contributed by atoms with van der Waals surface area (Å²) in [5.74, 6) is -0.215. The van der Waals surface area contributed by atoms with Crippen LogP contribution in [-0.2, 0) is 6.54 Å². The Morgan fingerprint density at radius 3 is 2.78 bits per heavy atom. The number of carbonyl (C=O) groups excluding carboxylic acids is 1. The third-order valence-corrected chi connectivity index (χ3v) is 3.83. The number of aliphatic hydroxyl groups is 1. The first-order chi connectivity index (χ1) is 10.8. The van der Waals surface area contributed by atoms with Gasteiger partial charge in [-0.2, -0.15) is 0 Å². The van der Waals surface area contributed by atoms with Crippen molar-refractivity contribution in [3.8, 4) is 5.75 Å². The maximum absolute atomic E-state index is 12.3. The number of piperidine rings is 1. The molecule has 128 valence electrons. The Morgan fingerprint density at radius 2 is 2.13 bits per heavy atom. The van der Waals surface area contributed by atoms with Crippen LogP contribution in [0.5, 0.6) is 5.75 Å². The molecule has 2 atom stereocenters. The van der Waals surface area contributed by atoms with Crippen molar-refractivity contribution in [2.45, 2.75) is 32.4 Å². The maximum atomic E-state index is 12.3. The number of aliphatic hydroxyl groups excluding tert-OH is 1. The van der Waals surface area contributed by atoms with E-state index in [2.05, 4.69) is 10.1 Å². The first kappa shape index (κ1) is 17.4. The van der Waals surface area contributed by atoms with E-state index in [1.54, 1.807) is 6.07 Å². The maximum Gasteiger partial charge on any atom is 0.573 e. The predicted octanol–water partition coefficient (Wildman–Crippen LogP) is 2.50. The molecule has 1 aliphatic heterocycles. The normalized spacial score (nSPS) is 21.9. The van der Waals surface area contributed by atoms with Gasteiger partial charge in [-0.05, 0) is 18.4 Å². The number of nitrogens with one attached hydrogen (secondary N) is 1. The van der Waals surface area contributed by atoms with Gasteiger partial charge in [0, 0.05) is 25.2 Å². The van der Waals surface area contributed by atoms with E-state index in [1.165, 1.54) is 23.1 Å². The van der Waals surface area contributed by atoms with Crippen LogP contribution in [0.3, 0.4) is 0 Å². The number of benzene rings is 1. The fourth-order valence-corrected chi connectivity index (χ4v) is 2.39. The number of β-amino-alcohol motifs (C(OH)–C–C–N with tert-alkyl or cyclic N) is 1. The van der Waals surface area contributed by atoms with Gasteiger partial charge in [-0.1, -0.05) is 25.1 Å². The number of carbonyl (C=O) groups is 1. The Balaban J connectivity index is 1.94. The quantitative estimate of drug-likeness (QED) is 0.894. The van der Waals surface area contributed by atoms with Gasteiger partial charge in [0.05, 0.1) is 6.10 Å². The number of halogens is 3. The number of alkyl halides is 3. The predicted molar refractivity (Wildman–Crippen MR) is 76.7 cm³/mol. The molecule has 1 aliphatic rings. The lowest BCUT2D eigenvalue weighted by Gasteiger charge is -2.34. The topological polar surface area (TPSA) is 61.8 Å². The summed E-state index contributed by atoms with van der Waals surface area (Å²) >= 11 is 0. The van der Waals surface area contributed by atoms with E-state index in [4.69, 9.17) is 0 Å². The van der Waals surface area contributed by atoms with Crippen LogP contribution in [-0.4, -0.2) is 41.6 Å². The van der Waals surface area contributed by atoms with E-state index in [-0.39, 0.29) is 30.3 Å². The van der Waals surface area contributed by atoms with E-state index in [0.29, 0.717) is 13.0 Å². The van der Waals surface area contributed by atoms with E-state index in [0.717, 1.165) is 0 Å². The standard InChI is InChI=1S/C15H19F3N2O3/c1-10-6-7-20(9-12(10)21)14(22)19-8-11-4-2-3-5-13(11)23-15(16,17)18/h2-5,10,12,21H,6-9H2,1H3,(H,19,22). The molecule has 2 amide bonds. The van der Waals surface area contributed by atoms with Gasteiger partial charge in [0.2, 0.25) is 0 Å². The first-order valence-corrected chi connectivity index (χ1v) is 7.31. The molecule has 2 unspecified atom stereocenters. The lowest BCUT2D eigenvalue weighted by molar-refractivity contribution is -0.274. The minimum Gasteiger partial charge on any atom is -0.405 e. The van der Waals surface area contributed by atoms with E-state index in [1.807, 2.05) is 6.92 Å². The molecule has 1 fully saturated rings. The number of rotatable bonds is 3. The van der Waals surface area contributed by atoms with Gasteiger partial charge in [0.1, 0.15) is 5.75 Å². The van der Waals surface area contributed by atoms with Crippen molar-refractivity contribution in [3.05, 3.63) is 29.8 Å². The molecule has 2 N–H and O–H groups in total. The summed E-state index contributed by atoms with van der Waals surface area (Å²) in [4.78, 5) is 13.5. The van der Waals surface area contributed by atoms with Gasteiger partial charge in [-0.15, -0.1) is 13.2 Å². The molecule has 0 aromatic heterocycles. The number of amides is 2. The summed E-state index contributed by atoms with van der Waals surface area (Å²) in [6, 6.07) is 5.22. The molecule has 0 aliphatic carbocycles. The van der Waals surface area contributed by atoms with Crippen LogP contribution < -0.4 is 10.1 Å². The van der Waals surface area contributed by atoms with E-state index >= 15 is 0 Å². The largest absolute Gasteiger partial charge is 0.573 e. The molecular weight excluding hydrogens is 313 g/mol. The van der Waals surface area contributed by atoms with Crippen molar-refractivity contribution in [3.63, 3.8) is 0 Å². The fraction of sp³-hybridized carbons (Fsp3) is 0.533. The van der Waals surface area contributed by atoms with Crippen LogP contribution in [0.2, 0.25) is 0 Å². The number of hydrogen-bond donors (Lipinski definition) is 2. The molecule has 1 heterocycles. The Morgan fingerprint density at radius 1 is 1.43 bits per heavy atom. The van der Waals surface area contributed by atoms with Crippen LogP contribution in [0, 0.1) is 5.92 Å². The van der Waals surface area contributed by atoms with E-state index < -0.39 is 18.5 Å². The van der Waals surface area contributed by atoms with Gasteiger partial charge >= 0.3 is 12.4 Å². The third-order valence-electron chi connectivity index (χ3n) is 3.83. The molecule has 1 saturated heterocycles. The summed E-state index contributed by atoms with van der Waals surface area (Å²) < 4.78 is 41.0. The first-order valence-electron chi connectivity index (χ1n) is 7.31. The molecule has 0 radical (unpaired) electrons. The molecule has 23 heavy (non-hydrogen) atoms. The highest BCUT2D eigenvalue weighted by atomic mass is 19.4. The zero-order chi connectivity index (χ0) is 17.0. The number of nitrogens with zero attached hydrogens (tertiary/aromatic N) is 1. The molecule has 5 nitrogen and oxygen atoms in total. The number of ether oxygens (including phenoxy) is 1. The van der Waals surface area contributed by atoms with Crippen molar-refractivity contribution in [2.75, 3.05) is 13.1 Å². The second-order valence-electron chi connectivity index (χ2n) is 5.59. The Bertz CT molecular complexity index is 551. The van der Waals surface area contributed by atoms with Crippen molar-refractivity contribution in [2.24, 2.45) is 5.92 Å². The molecule has 1 aromatic carbocycles. The van der Waals surface area contributed by atoms with Gasteiger partial charge in [0.25, 0.3) is 0 Å². The molecule has 8 heteroatoms. The summed E-state index contributed by atoms with van der Waals surface area (Å²) in [5, 5.41) is 12.3. The van der Waals surface area contributed by atoms with Gasteiger partial charge in [-0.3, -0.25) is 0 Å². The number of urea groups is 1. The lowest BCUT2D eigenvalue weighted by atomic mass is 9.96. The van der Waals surface area contributed by atoms with Gasteiger partial charge in [0.15, 0.2) is 0 Å². The third kappa shape index (κ3) is 5.02. The summed E-state index contributed by atoms with van der Waals surface area (Å²) in [7, 11) is 0. The fourth-order valence-electron chi connectivity index (χ4n) is 2.39. The van der Waals surface area contributed by atoms with Crippen LogP contribution in [0.4, 0.5) is 18.0 Å². The van der Waals surface area contributed by atoms with Gasteiger partial charge in [-0.25, -0.2) is 4.79 Å². The van der Waals surface area contributed by atoms with Crippen molar-refractivity contribution >= 4 is 6.03 Å². The Labute approximate surface area is 132 Å². The monoisotopic (exact) mass is 332 g/mol. The lowest BCUT2D eigenvalue weighted by Crippen LogP contribution is -2.49. The molecular formula is C15H19F3N2O3. The Hall–Kier alpha value is -1.96. The Kier molecular flexibility index (Phi) is 5.35. The van der Waals surface area contributed by atoms with Crippen molar-refractivity contribution in [1.29, 1.82) is 0 Å². The van der Waals surface area contributed by atoms with Crippen LogP contribution >= 0.6 is 0 Å². The van der Waals surface area contributed by atoms with Crippen molar-refractivity contribution < 1.29 is 27.8 Å². The molecule has 1 aromatic rings. The highest BCUT2D eigenvalue weighted by molar-refractivity contribution is 5.74. The minimum atomic E-state index is -4.78. The van der Waals surface area contributed by atoms with E-state index in [9.17, 15) is 23.1 Å². The van der Waals surface area contributed by atoms with Crippen LogP contribution in [0.1, 0.15) is 18.9 Å². The van der Waals surface area contributed by atoms with Gasteiger partial charge < -0.3 is 20.1 Å². The molecule has 0 bridgehead atoms. The number of likely N-dealkylation sites (tertiary alicyclic amines) is 1. The number of hydrogen-bond acceptors (Lipinski definition) is 3. The van der Waals surface area contributed by atoms with Crippen LogP contribution in [0.25, 0.3) is 0 Å². The number of para-hydroxylation sites is 1. The highest BCUT2D eigenvalue weighted by Gasteiger charge is 2.32.